The van der Waals surface area contributed by atoms with Gasteiger partial charge in [-0.15, -0.1) is 0 Å². The first-order valence-electron chi connectivity index (χ1n) is 10.6. The smallest absolute Gasteiger partial charge is 0.219 e. The zero-order valence-corrected chi connectivity index (χ0v) is 20.5. The van der Waals surface area contributed by atoms with Crippen LogP contribution in [0.1, 0.15) is 63.0 Å². The first-order chi connectivity index (χ1) is 14.4. The van der Waals surface area contributed by atoms with E-state index >= 15 is 0 Å². The van der Waals surface area contributed by atoms with E-state index in [1.54, 1.807) is 18.2 Å². The van der Waals surface area contributed by atoms with E-state index in [0.717, 1.165) is 11.1 Å². The first-order valence-corrected chi connectivity index (χ1v) is 13.4. The maximum Gasteiger partial charge on any atom is 0.219 e. The Morgan fingerprint density at radius 3 is 2.58 bits per heavy atom. The Morgan fingerprint density at radius 2 is 1.97 bits per heavy atom. The maximum atomic E-state index is 11.1. The molecule has 1 aliphatic rings. The fourth-order valence-electron chi connectivity index (χ4n) is 3.43. The van der Waals surface area contributed by atoms with Crippen LogP contribution in [0.2, 0.25) is 13.1 Å². The van der Waals surface area contributed by atoms with Gasteiger partial charge < -0.3 is 19.0 Å². The second kappa shape index (κ2) is 8.62. The molecule has 166 valence electrons. The zero-order chi connectivity index (χ0) is 23.0. The summed E-state index contributed by atoms with van der Waals surface area (Å²) < 4.78 is 18.3. The summed E-state index contributed by atoms with van der Waals surface area (Å²) in [4.78, 5) is 4.61. The number of hydrogen-bond donors (Lipinski definition) is 1. The Balaban J connectivity index is 2.05. The van der Waals surface area contributed by atoms with Crippen LogP contribution in [0.25, 0.3) is 0 Å². The second-order valence-corrected chi connectivity index (χ2v) is 12.3. The van der Waals surface area contributed by atoms with E-state index in [0.29, 0.717) is 29.4 Å². The van der Waals surface area contributed by atoms with Gasteiger partial charge in [0.25, 0.3) is 0 Å². The molecule has 0 unspecified atom stereocenters. The summed E-state index contributed by atoms with van der Waals surface area (Å²) in [6.07, 6.45) is 0.135. The van der Waals surface area contributed by atoms with Crippen LogP contribution in [-0.2, 0) is 16.4 Å². The lowest BCUT2D eigenvalue weighted by atomic mass is 9.87. The number of benzene rings is 1. The molecular formula is C24H32N2O4Si. The van der Waals surface area contributed by atoms with Gasteiger partial charge in [-0.2, -0.15) is 5.26 Å². The lowest BCUT2D eigenvalue weighted by Crippen LogP contribution is -2.50. The molecule has 2 atom stereocenters. The molecule has 0 saturated heterocycles. The van der Waals surface area contributed by atoms with Crippen molar-refractivity contribution in [3.8, 4) is 17.7 Å². The normalized spacial score (nSPS) is 20.0. The van der Waals surface area contributed by atoms with Crippen LogP contribution in [0.4, 0.5) is 0 Å². The Kier molecular flexibility index (Phi) is 6.47. The largest absolute Gasteiger partial charge is 0.485 e. The van der Waals surface area contributed by atoms with Crippen molar-refractivity contribution in [3.05, 3.63) is 52.7 Å². The van der Waals surface area contributed by atoms with E-state index in [9.17, 15) is 10.4 Å². The number of aliphatic hydroxyl groups is 1. The van der Waals surface area contributed by atoms with Crippen molar-refractivity contribution in [1.82, 2.24) is 4.98 Å². The summed E-state index contributed by atoms with van der Waals surface area (Å²) in [6, 6.07) is 9.37. The molecule has 2 heterocycles. The number of fused-ring (bicyclic) bond motifs is 1. The number of hydrogen-bond acceptors (Lipinski definition) is 6. The third kappa shape index (κ3) is 5.09. The molecular weight excluding hydrogens is 408 g/mol. The molecule has 1 N–H and O–H groups in total. The molecule has 2 aromatic rings. The minimum absolute atomic E-state index is 0.0655. The van der Waals surface area contributed by atoms with Crippen molar-refractivity contribution in [1.29, 1.82) is 5.26 Å². The molecule has 6 nitrogen and oxygen atoms in total. The van der Waals surface area contributed by atoms with E-state index < -0.39 is 26.8 Å². The Labute approximate surface area is 186 Å². The third-order valence-corrected chi connectivity index (χ3v) is 6.25. The average molecular weight is 441 g/mol. The van der Waals surface area contributed by atoms with Crippen LogP contribution in [0.15, 0.2) is 30.5 Å². The molecule has 31 heavy (non-hydrogen) atoms. The number of rotatable bonds is 5. The molecule has 0 saturated carbocycles. The minimum Gasteiger partial charge on any atom is -0.485 e. The molecule has 0 bridgehead atoms. The van der Waals surface area contributed by atoms with Crippen LogP contribution in [-0.4, -0.2) is 30.8 Å². The van der Waals surface area contributed by atoms with Crippen molar-refractivity contribution in [2.45, 2.75) is 77.5 Å². The van der Waals surface area contributed by atoms with Crippen LogP contribution >= 0.6 is 0 Å². The van der Waals surface area contributed by atoms with Gasteiger partial charge in [-0.25, -0.2) is 4.98 Å². The van der Waals surface area contributed by atoms with Gasteiger partial charge in [0.1, 0.15) is 17.5 Å². The van der Waals surface area contributed by atoms with Crippen molar-refractivity contribution >= 4 is 9.04 Å². The number of pyridine rings is 1. The van der Waals surface area contributed by atoms with Crippen molar-refractivity contribution in [2.24, 2.45) is 0 Å². The molecule has 0 fully saturated rings. The number of nitriles is 1. The number of ether oxygens (including phenoxy) is 2. The lowest BCUT2D eigenvalue weighted by Gasteiger charge is -2.41. The van der Waals surface area contributed by atoms with Gasteiger partial charge in [0.05, 0.1) is 18.2 Å². The lowest BCUT2D eigenvalue weighted by molar-refractivity contribution is -0.104. The molecule has 7 heteroatoms. The van der Waals surface area contributed by atoms with E-state index in [2.05, 4.69) is 51.0 Å². The highest BCUT2D eigenvalue weighted by Crippen LogP contribution is 2.43. The Hall–Kier alpha value is -2.40. The third-order valence-electron chi connectivity index (χ3n) is 5.42. The average Bonchev–Trinajstić information content (AvgIpc) is 2.69. The molecule has 0 spiro atoms. The summed E-state index contributed by atoms with van der Waals surface area (Å²) in [6.45, 7) is 14.7. The van der Waals surface area contributed by atoms with Gasteiger partial charge in [-0.1, -0.05) is 20.8 Å². The van der Waals surface area contributed by atoms with Crippen molar-refractivity contribution in [2.75, 3.05) is 0 Å². The molecule has 1 aromatic heterocycles. The highest BCUT2D eigenvalue weighted by Gasteiger charge is 2.45. The van der Waals surface area contributed by atoms with Gasteiger partial charge in [-0.05, 0) is 62.2 Å². The quantitative estimate of drug-likeness (QED) is 0.694. The monoisotopic (exact) mass is 440 g/mol. The number of aromatic nitrogens is 1. The first kappa shape index (κ1) is 23.3. The highest BCUT2D eigenvalue weighted by molar-refractivity contribution is 6.48. The van der Waals surface area contributed by atoms with E-state index in [4.69, 9.17) is 13.9 Å². The second-order valence-electron chi connectivity index (χ2n) is 9.85. The van der Waals surface area contributed by atoms with Crippen molar-refractivity contribution < 1.29 is 19.0 Å². The molecule has 1 aliphatic heterocycles. The highest BCUT2D eigenvalue weighted by atomic mass is 28.3. The predicted molar refractivity (Wildman–Crippen MR) is 122 cm³/mol. The Bertz CT molecular complexity index is 992. The maximum absolute atomic E-state index is 11.1. The van der Waals surface area contributed by atoms with E-state index in [1.165, 1.54) is 0 Å². The zero-order valence-electron chi connectivity index (χ0n) is 19.4. The molecule has 3 rings (SSSR count). The summed E-state index contributed by atoms with van der Waals surface area (Å²) in [5.74, 6) is 1.02. The number of aliphatic hydroxyl groups excluding tert-OH is 1. The van der Waals surface area contributed by atoms with Gasteiger partial charge in [0, 0.05) is 17.3 Å². The van der Waals surface area contributed by atoms with Gasteiger partial charge in [0.2, 0.25) is 5.88 Å². The molecule has 0 amide bonds. The van der Waals surface area contributed by atoms with Gasteiger partial charge in [0.15, 0.2) is 15.1 Å². The van der Waals surface area contributed by atoms with Crippen molar-refractivity contribution in [3.63, 3.8) is 0 Å². The van der Waals surface area contributed by atoms with Gasteiger partial charge >= 0.3 is 0 Å². The molecule has 1 aromatic carbocycles. The summed E-state index contributed by atoms with van der Waals surface area (Å²) in [5, 5.41) is 20.4. The van der Waals surface area contributed by atoms with Crippen LogP contribution < -0.4 is 9.47 Å². The summed E-state index contributed by atoms with van der Waals surface area (Å²) in [7, 11) is -1.25. The standard InChI is InChI=1S/C24H32N2O4Si/c1-23(2,3)17-11-16(14-28-31(6)7)22(26-13-17)29-20-18-10-15(12-25)8-9-19(18)30-24(4,5)21(20)27/h8-11,13,20-21,27,31H,14H2,1-7H3/t20-,21+/m1/s1. The van der Waals surface area contributed by atoms with Crippen LogP contribution in [0.5, 0.6) is 11.6 Å². The minimum atomic E-state index is -1.25. The van der Waals surface area contributed by atoms with Crippen LogP contribution in [0, 0.1) is 11.3 Å². The topological polar surface area (TPSA) is 84.6 Å². The van der Waals surface area contributed by atoms with Gasteiger partial charge in [-0.3, -0.25) is 0 Å². The van der Waals surface area contributed by atoms with E-state index in [1.807, 2.05) is 20.0 Å². The fourth-order valence-corrected chi connectivity index (χ4v) is 3.95. The molecule has 0 radical (unpaired) electrons. The summed E-state index contributed by atoms with van der Waals surface area (Å²) >= 11 is 0. The SMILES string of the molecule is C[SiH](C)OCc1cc(C(C)(C)C)cnc1O[C@@H]1c2cc(C#N)ccc2OC(C)(C)[C@H]1O. The van der Waals surface area contributed by atoms with Crippen LogP contribution in [0.3, 0.4) is 0 Å². The van der Waals surface area contributed by atoms with E-state index in [-0.39, 0.29) is 5.41 Å². The Morgan fingerprint density at radius 1 is 1.26 bits per heavy atom. The number of nitrogens with zero attached hydrogens (tertiary/aromatic N) is 2. The predicted octanol–water partition coefficient (Wildman–Crippen LogP) is 4.40. The summed E-state index contributed by atoms with van der Waals surface area (Å²) in [5.41, 5.74) is 2.13. The fraction of sp³-hybridized carbons (Fsp3) is 0.500. The molecule has 0 aliphatic carbocycles.